The Labute approximate surface area is 80.9 Å². The second kappa shape index (κ2) is 3.14. The summed E-state index contributed by atoms with van der Waals surface area (Å²) in [4.78, 5) is 18.4. The molecule has 2 aromatic rings. The quantitative estimate of drug-likeness (QED) is 0.696. The number of pyridine rings is 1. The van der Waals surface area contributed by atoms with Crippen LogP contribution in [0.3, 0.4) is 0 Å². The number of fused-ring (bicyclic) bond motifs is 1. The molecule has 0 atom stereocenters. The van der Waals surface area contributed by atoms with Crippen molar-refractivity contribution in [3.63, 3.8) is 0 Å². The molecule has 2 rings (SSSR count). The highest BCUT2D eigenvalue weighted by Crippen LogP contribution is 2.17. The van der Waals surface area contributed by atoms with Gasteiger partial charge in [0.1, 0.15) is 5.65 Å². The highest BCUT2D eigenvalue weighted by Gasteiger charge is 2.12. The molecule has 1 N–H and O–H groups in total. The van der Waals surface area contributed by atoms with Crippen molar-refractivity contribution in [1.29, 1.82) is 0 Å². The number of methoxy groups -OCH3 is 1. The summed E-state index contributed by atoms with van der Waals surface area (Å²) in [6, 6.07) is 1.91. The van der Waals surface area contributed by atoms with Crippen LogP contribution < -0.4 is 0 Å². The Morgan fingerprint density at radius 2 is 2.36 bits per heavy atom. The molecule has 0 aromatic carbocycles. The zero-order valence-corrected chi connectivity index (χ0v) is 8.00. The summed E-state index contributed by atoms with van der Waals surface area (Å²) in [5.74, 6) is -0.344. The summed E-state index contributed by atoms with van der Waals surface area (Å²) < 4.78 is 4.66. The molecule has 0 aliphatic rings. The van der Waals surface area contributed by atoms with E-state index in [4.69, 9.17) is 0 Å². The number of nitrogens with one attached hydrogen (secondary N) is 1. The van der Waals surface area contributed by atoms with Crippen LogP contribution in [0.25, 0.3) is 11.0 Å². The minimum atomic E-state index is -0.344. The van der Waals surface area contributed by atoms with Crippen molar-refractivity contribution < 1.29 is 9.53 Å². The summed E-state index contributed by atoms with van der Waals surface area (Å²) in [6.07, 6.45) is 3.36. The summed E-state index contributed by atoms with van der Waals surface area (Å²) in [5, 5.41) is 0.803. The van der Waals surface area contributed by atoms with Gasteiger partial charge in [0, 0.05) is 17.8 Å². The molecule has 0 amide bonds. The molecular weight excluding hydrogens is 180 g/mol. The average Bonchev–Trinajstić information content (AvgIpc) is 2.59. The van der Waals surface area contributed by atoms with Crippen molar-refractivity contribution >= 4 is 17.0 Å². The van der Waals surface area contributed by atoms with E-state index in [2.05, 4.69) is 14.7 Å². The predicted octanol–water partition coefficient (Wildman–Crippen LogP) is 1.66. The van der Waals surface area contributed by atoms with Gasteiger partial charge in [0.05, 0.1) is 12.7 Å². The molecule has 4 nitrogen and oxygen atoms in total. The van der Waals surface area contributed by atoms with Gasteiger partial charge in [-0.2, -0.15) is 0 Å². The van der Waals surface area contributed by atoms with Crippen LogP contribution in [0, 0.1) is 6.92 Å². The van der Waals surface area contributed by atoms with Gasteiger partial charge in [-0.3, -0.25) is 0 Å². The van der Waals surface area contributed by atoms with Gasteiger partial charge in [0.15, 0.2) is 0 Å². The van der Waals surface area contributed by atoms with Crippen molar-refractivity contribution in [2.45, 2.75) is 6.92 Å². The van der Waals surface area contributed by atoms with Crippen LogP contribution in [0.2, 0.25) is 0 Å². The molecule has 2 aromatic heterocycles. The Kier molecular flexibility index (Phi) is 1.96. The van der Waals surface area contributed by atoms with Crippen molar-refractivity contribution in [2.24, 2.45) is 0 Å². The van der Waals surface area contributed by atoms with E-state index in [0.717, 1.165) is 10.9 Å². The molecule has 14 heavy (non-hydrogen) atoms. The van der Waals surface area contributed by atoms with E-state index in [1.165, 1.54) is 7.11 Å². The van der Waals surface area contributed by atoms with Gasteiger partial charge in [-0.1, -0.05) is 0 Å². The summed E-state index contributed by atoms with van der Waals surface area (Å²) >= 11 is 0. The monoisotopic (exact) mass is 190 g/mol. The second-order valence-corrected chi connectivity index (χ2v) is 3.10. The summed E-state index contributed by atoms with van der Waals surface area (Å²) in [7, 11) is 1.37. The lowest BCUT2D eigenvalue weighted by atomic mass is 10.2. The first-order chi connectivity index (χ1) is 6.72. The summed E-state index contributed by atoms with van der Waals surface area (Å²) in [5.41, 5.74) is 2.25. The first-order valence-corrected chi connectivity index (χ1v) is 4.24. The van der Waals surface area contributed by atoms with Gasteiger partial charge in [-0.05, 0) is 18.6 Å². The largest absolute Gasteiger partial charge is 0.465 e. The lowest BCUT2D eigenvalue weighted by molar-refractivity contribution is 0.0603. The number of aromatic nitrogens is 2. The van der Waals surface area contributed by atoms with Crippen molar-refractivity contribution in [3.8, 4) is 0 Å². The maximum Gasteiger partial charge on any atom is 0.340 e. The standard InChI is InChI=1S/C10H10N2O2/c1-6-3-7-8(10(13)14-2)5-12-9(7)11-4-6/h3-5H,1-2H3,(H,11,12). The molecule has 0 unspecified atom stereocenters. The van der Waals surface area contributed by atoms with E-state index in [-0.39, 0.29) is 5.97 Å². The average molecular weight is 190 g/mol. The Hall–Kier alpha value is -1.84. The van der Waals surface area contributed by atoms with Gasteiger partial charge < -0.3 is 9.72 Å². The van der Waals surface area contributed by atoms with Crippen LogP contribution in [0.5, 0.6) is 0 Å². The highest BCUT2D eigenvalue weighted by atomic mass is 16.5. The fraction of sp³-hybridized carbons (Fsp3) is 0.200. The highest BCUT2D eigenvalue weighted by molar-refractivity contribution is 6.03. The van der Waals surface area contributed by atoms with Crippen LogP contribution >= 0.6 is 0 Å². The maximum atomic E-state index is 11.3. The third-order valence-corrected chi connectivity index (χ3v) is 2.07. The summed E-state index contributed by atoms with van der Waals surface area (Å²) in [6.45, 7) is 1.93. The number of hydrogen-bond donors (Lipinski definition) is 1. The molecule has 0 spiro atoms. The molecule has 0 aliphatic carbocycles. The number of H-pyrrole nitrogens is 1. The number of aromatic amines is 1. The van der Waals surface area contributed by atoms with Crippen LogP contribution in [0.4, 0.5) is 0 Å². The van der Waals surface area contributed by atoms with E-state index in [0.29, 0.717) is 11.2 Å². The van der Waals surface area contributed by atoms with Crippen LogP contribution in [-0.2, 0) is 4.74 Å². The number of ether oxygens (including phenoxy) is 1. The third-order valence-electron chi connectivity index (χ3n) is 2.07. The number of nitrogens with zero attached hydrogens (tertiary/aromatic N) is 1. The molecule has 2 heterocycles. The zero-order chi connectivity index (χ0) is 10.1. The minimum Gasteiger partial charge on any atom is -0.465 e. The predicted molar refractivity (Wildman–Crippen MR) is 52.2 cm³/mol. The fourth-order valence-corrected chi connectivity index (χ4v) is 1.39. The van der Waals surface area contributed by atoms with Crippen LogP contribution in [0.1, 0.15) is 15.9 Å². The van der Waals surface area contributed by atoms with Crippen molar-refractivity contribution in [1.82, 2.24) is 9.97 Å². The first-order valence-electron chi connectivity index (χ1n) is 4.24. The third kappa shape index (κ3) is 1.25. The Morgan fingerprint density at radius 1 is 1.57 bits per heavy atom. The van der Waals surface area contributed by atoms with E-state index in [9.17, 15) is 4.79 Å². The molecule has 72 valence electrons. The lowest BCUT2D eigenvalue weighted by Gasteiger charge is -1.96. The fourth-order valence-electron chi connectivity index (χ4n) is 1.39. The van der Waals surface area contributed by atoms with Gasteiger partial charge in [0.2, 0.25) is 0 Å². The molecule has 0 fully saturated rings. The normalized spacial score (nSPS) is 10.4. The molecule has 0 aliphatic heterocycles. The smallest absolute Gasteiger partial charge is 0.340 e. The molecule has 4 heteroatoms. The second-order valence-electron chi connectivity index (χ2n) is 3.10. The molecule has 0 saturated carbocycles. The number of aryl methyl sites for hydroxylation is 1. The molecule has 0 radical (unpaired) electrons. The SMILES string of the molecule is COC(=O)c1c[nH]c2ncc(C)cc12. The topological polar surface area (TPSA) is 55.0 Å². The van der Waals surface area contributed by atoms with E-state index in [1.54, 1.807) is 12.4 Å². The van der Waals surface area contributed by atoms with Crippen LogP contribution in [-0.4, -0.2) is 23.0 Å². The Morgan fingerprint density at radius 3 is 3.07 bits per heavy atom. The van der Waals surface area contributed by atoms with Crippen LogP contribution in [0.15, 0.2) is 18.5 Å². The van der Waals surface area contributed by atoms with Gasteiger partial charge in [-0.15, -0.1) is 0 Å². The van der Waals surface area contributed by atoms with E-state index in [1.807, 2.05) is 13.0 Å². The number of carbonyl (C=O) groups is 1. The first kappa shape index (κ1) is 8.74. The molecule has 0 bridgehead atoms. The van der Waals surface area contributed by atoms with E-state index < -0.39 is 0 Å². The van der Waals surface area contributed by atoms with Gasteiger partial charge in [-0.25, -0.2) is 9.78 Å². The van der Waals surface area contributed by atoms with E-state index >= 15 is 0 Å². The number of rotatable bonds is 1. The number of esters is 1. The van der Waals surface area contributed by atoms with Crippen molar-refractivity contribution in [2.75, 3.05) is 7.11 Å². The van der Waals surface area contributed by atoms with Crippen molar-refractivity contribution in [3.05, 3.63) is 29.6 Å². The van der Waals surface area contributed by atoms with Gasteiger partial charge in [0.25, 0.3) is 0 Å². The zero-order valence-electron chi connectivity index (χ0n) is 8.00. The van der Waals surface area contributed by atoms with Gasteiger partial charge >= 0.3 is 5.97 Å². The minimum absolute atomic E-state index is 0.344. The molecular formula is C10H10N2O2. The molecule has 0 saturated heterocycles. The number of carbonyl (C=O) groups excluding carboxylic acids is 1. The Balaban J connectivity index is 2.67. The lowest BCUT2D eigenvalue weighted by Crippen LogP contribution is -1.99. The number of hydrogen-bond acceptors (Lipinski definition) is 3. The Bertz CT molecular complexity index is 488. The maximum absolute atomic E-state index is 11.3.